The van der Waals surface area contributed by atoms with Crippen molar-refractivity contribution in [3.8, 4) is 16.9 Å². The number of ether oxygens (including phenoxy) is 2. The molecule has 1 fully saturated rings. The maximum absolute atomic E-state index is 13.6. The van der Waals surface area contributed by atoms with Crippen LogP contribution in [-0.4, -0.2) is 46.8 Å². The molecule has 0 radical (unpaired) electrons. The first-order valence-corrected chi connectivity index (χ1v) is 13.7. The number of hydrogen-bond donors (Lipinski definition) is 3. The van der Waals surface area contributed by atoms with Gasteiger partial charge >= 0.3 is 5.97 Å². The number of aromatic nitrogens is 1. The Hall–Kier alpha value is -3.13. The molecule has 0 unspecified atom stereocenters. The predicted octanol–water partition coefficient (Wildman–Crippen LogP) is 5.87. The van der Waals surface area contributed by atoms with Gasteiger partial charge in [-0.3, -0.25) is 4.79 Å². The van der Waals surface area contributed by atoms with E-state index in [1.807, 2.05) is 46.8 Å². The summed E-state index contributed by atoms with van der Waals surface area (Å²) in [7, 11) is 0. The molecule has 2 aromatic rings. The Morgan fingerprint density at radius 2 is 1.79 bits per heavy atom. The van der Waals surface area contributed by atoms with Gasteiger partial charge in [0.05, 0.1) is 11.3 Å². The second-order valence-electron chi connectivity index (χ2n) is 11.5. The van der Waals surface area contributed by atoms with Crippen LogP contribution in [-0.2, 0) is 9.53 Å². The first-order chi connectivity index (χ1) is 18.0. The number of nitrogens with zero attached hydrogens (tertiary/aromatic N) is 1. The van der Waals surface area contributed by atoms with Gasteiger partial charge in [0, 0.05) is 23.8 Å². The van der Waals surface area contributed by atoms with E-state index in [1.165, 1.54) is 12.8 Å². The maximum Gasteiger partial charge on any atom is 0.337 e. The molecule has 3 N–H and O–H groups in total. The van der Waals surface area contributed by atoms with E-state index in [-0.39, 0.29) is 11.9 Å². The van der Waals surface area contributed by atoms with Crippen LogP contribution < -0.4 is 15.4 Å². The molecule has 4 rings (SSSR count). The number of carboxylic acids is 1. The fraction of sp³-hybridized carbons (Fsp3) is 0.567. The number of fused-ring (bicyclic) bond motifs is 1. The van der Waals surface area contributed by atoms with Gasteiger partial charge in [0.25, 0.3) is 5.91 Å². The molecule has 38 heavy (non-hydrogen) atoms. The number of aliphatic carboxylic acids is 1. The molecule has 2 heterocycles. The van der Waals surface area contributed by atoms with Gasteiger partial charge in [-0.1, -0.05) is 31.7 Å². The number of pyridine rings is 1. The molecule has 8 nitrogen and oxygen atoms in total. The molecule has 8 heteroatoms. The molecular formula is C30H41N3O5. The highest BCUT2D eigenvalue weighted by Gasteiger charge is 2.34. The van der Waals surface area contributed by atoms with Crippen LogP contribution in [0.4, 0.5) is 5.69 Å². The van der Waals surface area contributed by atoms with Crippen LogP contribution in [0, 0.1) is 20.8 Å². The molecule has 1 aromatic heterocycles. The van der Waals surface area contributed by atoms with Crippen molar-refractivity contribution in [1.29, 1.82) is 0 Å². The van der Waals surface area contributed by atoms with E-state index in [0.29, 0.717) is 41.2 Å². The molecule has 1 atom stereocenters. The SMILES string of the molecule is Cc1nc(C(=O)NC2CCCCCC2)c(C)c(-c2ccc3c(c2C)NCCO3)c1[C@H](OC(C)(C)C)C(=O)O. The molecule has 206 valence electrons. The van der Waals surface area contributed by atoms with Gasteiger partial charge < -0.3 is 25.2 Å². The molecule has 1 aliphatic carbocycles. The number of carbonyl (C=O) groups excluding carboxylic acids is 1. The average molecular weight is 524 g/mol. The molecule has 1 saturated carbocycles. The molecule has 1 amide bonds. The van der Waals surface area contributed by atoms with Gasteiger partial charge in [-0.2, -0.15) is 0 Å². The summed E-state index contributed by atoms with van der Waals surface area (Å²) in [5.41, 5.74) is 4.49. The van der Waals surface area contributed by atoms with Crippen molar-refractivity contribution in [1.82, 2.24) is 10.3 Å². The van der Waals surface area contributed by atoms with E-state index in [4.69, 9.17) is 14.5 Å². The molecular weight excluding hydrogens is 482 g/mol. The van der Waals surface area contributed by atoms with Crippen LogP contribution in [0.25, 0.3) is 11.1 Å². The van der Waals surface area contributed by atoms with Crippen molar-refractivity contribution < 1.29 is 24.2 Å². The Morgan fingerprint density at radius 1 is 1.11 bits per heavy atom. The normalized spacial score (nSPS) is 17.0. The average Bonchev–Trinajstić information content (AvgIpc) is 3.12. The molecule has 0 bridgehead atoms. The zero-order chi connectivity index (χ0) is 27.6. The van der Waals surface area contributed by atoms with E-state index in [1.54, 1.807) is 6.92 Å². The summed E-state index contributed by atoms with van der Waals surface area (Å²) in [6.45, 7) is 12.4. The number of benzene rings is 1. The quantitative estimate of drug-likeness (QED) is 0.406. The summed E-state index contributed by atoms with van der Waals surface area (Å²) in [6.07, 6.45) is 5.27. The first-order valence-electron chi connectivity index (χ1n) is 13.7. The van der Waals surface area contributed by atoms with Crippen LogP contribution in [0.2, 0.25) is 0 Å². The smallest absolute Gasteiger partial charge is 0.337 e. The van der Waals surface area contributed by atoms with E-state index in [9.17, 15) is 14.7 Å². The summed E-state index contributed by atoms with van der Waals surface area (Å²) in [5, 5.41) is 16.9. The molecule has 0 saturated heterocycles. The van der Waals surface area contributed by atoms with E-state index >= 15 is 0 Å². The van der Waals surface area contributed by atoms with Crippen LogP contribution >= 0.6 is 0 Å². The van der Waals surface area contributed by atoms with E-state index in [2.05, 4.69) is 10.6 Å². The largest absolute Gasteiger partial charge is 0.490 e. The van der Waals surface area contributed by atoms with Crippen molar-refractivity contribution in [2.24, 2.45) is 0 Å². The van der Waals surface area contributed by atoms with Crippen LogP contribution in [0.15, 0.2) is 12.1 Å². The molecule has 0 spiro atoms. The summed E-state index contributed by atoms with van der Waals surface area (Å²) < 4.78 is 11.9. The first kappa shape index (κ1) is 27.9. The van der Waals surface area contributed by atoms with Crippen molar-refractivity contribution in [3.05, 3.63) is 40.2 Å². The summed E-state index contributed by atoms with van der Waals surface area (Å²) >= 11 is 0. The van der Waals surface area contributed by atoms with E-state index < -0.39 is 17.7 Å². The Bertz CT molecular complexity index is 1210. The third-order valence-corrected chi connectivity index (χ3v) is 7.39. The lowest BCUT2D eigenvalue weighted by Crippen LogP contribution is -2.36. The Kier molecular flexibility index (Phi) is 8.31. The minimum atomic E-state index is -1.25. The zero-order valence-corrected chi connectivity index (χ0v) is 23.5. The maximum atomic E-state index is 13.6. The summed E-state index contributed by atoms with van der Waals surface area (Å²) in [6, 6.07) is 3.96. The van der Waals surface area contributed by atoms with Crippen LogP contribution in [0.3, 0.4) is 0 Å². The number of carboxylic acid groups (broad SMARTS) is 1. The van der Waals surface area contributed by atoms with Crippen molar-refractivity contribution in [3.63, 3.8) is 0 Å². The number of amides is 1. The molecule has 1 aliphatic heterocycles. The second-order valence-corrected chi connectivity index (χ2v) is 11.5. The number of hydrogen-bond acceptors (Lipinski definition) is 6. The van der Waals surface area contributed by atoms with Gasteiger partial charge in [0.15, 0.2) is 6.10 Å². The lowest BCUT2D eigenvalue weighted by atomic mass is 9.87. The standard InChI is InChI=1S/C30H41N3O5/c1-17-21(13-14-22-25(17)31-15-16-37-22)23-18(2)26(28(34)33-20-11-9-7-8-10-12-20)32-19(3)24(23)27(29(35)36)38-30(4,5)6/h13-14,20,27,31H,7-12,15-16H2,1-6H3,(H,33,34)(H,35,36)/t27-/m0/s1. The Balaban J connectivity index is 1.90. The van der Waals surface area contributed by atoms with Crippen molar-refractivity contribution >= 4 is 17.6 Å². The summed E-state index contributed by atoms with van der Waals surface area (Å²) in [4.78, 5) is 30.9. The molecule has 2 aliphatic rings. The van der Waals surface area contributed by atoms with Gasteiger partial charge in [-0.05, 0) is 82.7 Å². The Morgan fingerprint density at radius 3 is 2.42 bits per heavy atom. The fourth-order valence-electron chi connectivity index (χ4n) is 5.60. The number of aryl methyl sites for hydroxylation is 1. The molecule has 1 aromatic carbocycles. The minimum absolute atomic E-state index is 0.123. The van der Waals surface area contributed by atoms with Crippen molar-refractivity contribution in [2.45, 2.75) is 97.8 Å². The number of nitrogens with one attached hydrogen (secondary N) is 2. The third kappa shape index (κ3) is 5.96. The van der Waals surface area contributed by atoms with Gasteiger partial charge in [0.1, 0.15) is 18.1 Å². The van der Waals surface area contributed by atoms with Crippen molar-refractivity contribution in [2.75, 3.05) is 18.5 Å². The van der Waals surface area contributed by atoms with Crippen LogP contribution in [0.1, 0.15) is 98.3 Å². The van der Waals surface area contributed by atoms with Gasteiger partial charge in [-0.25, -0.2) is 9.78 Å². The highest BCUT2D eigenvalue weighted by atomic mass is 16.5. The van der Waals surface area contributed by atoms with Gasteiger partial charge in [-0.15, -0.1) is 0 Å². The van der Waals surface area contributed by atoms with Crippen LogP contribution in [0.5, 0.6) is 5.75 Å². The topological polar surface area (TPSA) is 110 Å². The third-order valence-electron chi connectivity index (χ3n) is 7.39. The monoisotopic (exact) mass is 523 g/mol. The fourth-order valence-corrected chi connectivity index (χ4v) is 5.60. The zero-order valence-electron chi connectivity index (χ0n) is 23.5. The highest BCUT2D eigenvalue weighted by Crippen LogP contribution is 2.43. The van der Waals surface area contributed by atoms with E-state index in [0.717, 1.165) is 48.2 Å². The van der Waals surface area contributed by atoms with Gasteiger partial charge in [0.2, 0.25) is 0 Å². The lowest BCUT2D eigenvalue weighted by molar-refractivity contribution is -0.160. The number of carbonyl (C=O) groups is 2. The number of anilines is 1. The number of rotatable bonds is 6. The lowest BCUT2D eigenvalue weighted by Gasteiger charge is -2.30. The predicted molar refractivity (Wildman–Crippen MR) is 148 cm³/mol. The second kappa shape index (κ2) is 11.3. The Labute approximate surface area is 225 Å². The minimum Gasteiger partial charge on any atom is -0.490 e. The highest BCUT2D eigenvalue weighted by molar-refractivity contribution is 5.97. The summed E-state index contributed by atoms with van der Waals surface area (Å²) in [5.74, 6) is -0.557.